The van der Waals surface area contributed by atoms with E-state index in [-0.39, 0.29) is 11.6 Å². The Bertz CT molecular complexity index is 611. The number of nitro benzene ring substituents is 1. The van der Waals surface area contributed by atoms with Gasteiger partial charge in [-0.15, -0.1) is 0 Å². The van der Waals surface area contributed by atoms with Crippen molar-refractivity contribution < 1.29 is 9.72 Å². The minimum absolute atomic E-state index is 0.0142. The third-order valence-electron chi connectivity index (χ3n) is 5.69. The zero-order valence-corrected chi connectivity index (χ0v) is 13.7. The largest absolute Gasteiger partial charge is 0.339 e. The number of aryl methyl sites for hydroxylation is 1. The molecule has 1 heterocycles. The van der Waals surface area contributed by atoms with Gasteiger partial charge >= 0.3 is 0 Å². The summed E-state index contributed by atoms with van der Waals surface area (Å²) >= 11 is 0. The Balaban J connectivity index is 1.72. The molecule has 124 valence electrons. The molecular weight excluding hydrogens is 292 g/mol. The second-order valence-electron chi connectivity index (χ2n) is 7.11. The Kier molecular flexibility index (Phi) is 4.37. The van der Waals surface area contributed by atoms with Crippen LogP contribution in [0.15, 0.2) is 18.2 Å². The molecule has 3 rings (SSSR count). The van der Waals surface area contributed by atoms with Gasteiger partial charge in [0.25, 0.3) is 11.6 Å². The van der Waals surface area contributed by atoms with E-state index in [4.69, 9.17) is 0 Å². The highest BCUT2D eigenvalue weighted by Gasteiger charge is 2.37. The van der Waals surface area contributed by atoms with Crippen LogP contribution >= 0.6 is 0 Å². The first-order valence-corrected chi connectivity index (χ1v) is 8.55. The molecule has 0 aromatic heterocycles. The van der Waals surface area contributed by atoms with Gasteiger partial charge in [0.15, 0.2) is 0 Å². The van der Waals surface area contributed by atoms with Crippen LogP contribution < -0.4 is 0 Å². The standard InChI is InChI=1S/C18H24N2O3/c1-14-5-6-15(20(22)23)13-16(14)17(21)19-11-9-18(10-12-19)7-3-2-4-8-18/h5-6,13H,2-4,7-12H2,1H3. The number of carbonyl (C=O) groups excluding carboxylic acids is 1. The predicted molar refractivity (Wildman–Crippen MR) is 88.5 cm³/mol. The normalized spacial score (nSPS) is 20.5. The second kappa shape index (κ2) is 6.30. The molecule has 1 aliphatic carbocycles. The van der Waals surface area contributed by atoms with Crippen LogP contribution in [0, 0.1) is 22.5 Å². The van der Waals surface area contributed by atoms with Crippen LogP contribution in [0.4, 0.5) is 5.69 Å². The Morgan fingerprint density at radius 2 is 1.78 bits per heavy atom. The summed E-state index contributed by atoms with van der Waals surface area (Å²) in [5, 5.41) is 10.9. The van der Waals surface area contributed by atoms with E-state index in [0.717, 1.165) is 31.5 Å². The predicted octanol–water partition coefficient (Wildman–Crippen LogP) is 4.09. The van der Waals surface area contributed by atoms with Crippen LogP contribution in [0.1, 0.15) is 60.9 Å². The lowest BCUT2D eigenvalue weighted by atomic mass is 9.68. The molecule has 1 aliphatic heterocycles. The number of piperidine rings is 1. The zero-order valence-electron chi connectivity index (χ0n) is 13.7. The van der Waals surface area contributed by atoms with Crippen molar-refractivity contribution in [3.05, 3.63) is 39.4 Å². The number of carbonyl (C=O) groups is 1. The van der Waals surface area contributed by atoms with Gasteiger partial charge in [-0.05, 0) is 43.6 Å². The van der Waals surface area contributed by atoms with E-state index in [0.29, 0.717) is 11.0 Å². The van der Waals surface area contributed by atoms with Crippen LogP contribution in [0.25, 0.3) is 0 Å². The number of rotatable bonds is 2. The number of nitro groups is 1. The van der Waals surface area contributed by atoms with Crippen LogP contribution in [0.5, 0.6) is 0 Å². The lowest BCUT2D eigenvalue weighted by Gasteiger charge is -2.44. The van der Waals surface area contributed by atoms with E-state index < -0.39 is 4.92 Å². The maximum Gasteiger partial charge on any atom is 0.270 e. The molecule has 1 saturated heterocycles. The quantitative estimate of drug-likeness (QED) is 0.610. The summed E-state index contributed by atoms with van der Waals surface area (Å²) in [6, 6.07) is 4.54. The molecule has 1 aromatic carbocycles. The molecule has 23 heavy (non-hydrogen) atoms. The van der Waals surface area contributed by atoms with Crippen molar-refractivity contribution in [2.24, 2.45) is 5.41 Å². The molecular formula is C18H24N2O3. The van der Waals surface area contributed by atoms with E-state index >= 15 is 0 Å². The van der Waals surface area contributed by atoms with E-state index in [1.165, 1.54) is 44.2 Å². The fraction of sp³-hybridized carbons (Fsp3) is 0.611. The van der Waals surface area contributed by atoms with E-state index in [1.807, 2.05) is 11.8 Å². The Morgan fingerprint density at radius 3 is 2.39 bits per heavy atom. The maximum atomic E-state index is 12.8. The van der Waals surface area contributed by atoms with Gasteiger partial charge in [0.1, 0.15) is 0 Å². The van der Waals surface area contributed by atoms with Crippen molar-refractivity contribution in [2.75, 3.05) is 13.1 Å². The van der Waals surface area contributed by atoms with Gasteiger partial charge in [-0.1, -0.05) is 25.3 Å². The van der Waals surface area contributed by atoms with E-state index in [1.54, 1.807) is 6.07 Å². The third-order valence-corrected chi connectivity index (χ3v) is 5.69. The van der Waals surface area contributed by atoms with Crippen LogP contribution in [-0.4, -0.2) is 28.8 Å². The van der Waals surface area contributed by atoms with Crippen LogP contribution in [0.2, 0.25) is 0 Å². The smallest absolute Gasteiger partial charge is 0.270 e. The summed E-state index contributed by atoms with van der Waals surface area (Å²) in [5.41, 5.74) is 1.71. The number of non-ortho nitro benzene ring substituents is 1. The van der Waals surface area contributed by atoms with E-state index in [2.05, 4.69) is 0 Å². The number of benzene rings is 1. The summed E-state index contributed by atoms with van der Waals surface area (Å²) < 4.78 is 0. The summed E-state index contributed by atoms with van der Waals surface area (Å²) in [4.78, 5) is 25.2. The number of nitrogens with zero attached hydrogens (tertiary/aromatic N) is 2. The second-order valence-corrected chi connectivity index (χ2v) is 7.11. The van der Waals surface area contributed by atoms with Gasteiger partial charge in [-0.25, -0.2) is 0 Å². The average molecular weight is 316 g/mol. The fourth-order valence-corrected chi connectivity index (χ4v) is 4.11. The van der Waals surface area contributed by atoms with Crippen molar-refractivity contribution in [2.45, 2.75) is 51.9 Å². The Labute approximate surface area is 136 Å². The molecule has 0 N–H and O–H groups in total. The minimum Gasteiger partial charge on any atom is -0.339 e. The molecule has 2 fully saturated rings. The number of hydrogen-bond donors (Lipinski definition) is 0. The van der Waals surface area contributed by atoms with Gasteiger partial charge in [0.2, 0.25) is 0 Å². The van der Waals surface area contributed by atoms with Gasteiger partial charge in [0, 0.05) is 30.8 Å². The molecule has 5 heteroatoms. The van der Waals surface area contributed by atoms with Gasteiger partial charge in [0.05, 0.1) is 4.92 Å². The SMILES string of the molecule is Cc1ccc([N+](=O)[O-])cc1C(=O)N1CCC2(CCCCC2)CC1. The molecule has 5 nitrogen and oxygen atoms in total. The monoisotopic (exact) mass is 316 g/mol. The van der Waals surface area contributed by atoms with Gasteiger partial charge in [-0.3, -0.25) is 14.9 Å². The highest BCUT2D eigenvalue weighted by Crippen LogP contribution is 2.44. The molecule has 0 unspecified atom stereocenters. The summed E-state index contributed by atoms with van der Waals surface area (Å²) in [7, 11) is 0. The summed E-state index contributed by atoms with van der Waals surface area (Å²) in [6.07, 6.45) is 8.72. The molecule has 0 atom stereocenters. The summed E-state index contributed by atoms with van der Waals surface area (Å²) in [6.45, 7) is 3.39. The van der Waals surface area contributed by atoms with Crippen molar-refractivity contribution in [3.8, 4) is 0 Å². The molecule has 0 bridgehead atoms. The van der Waals surface area contributed by atoms with Crippen molar-refractivity contribution in [1.82, 2.24) is 4.90 Å². The Morgan fingerprint density at radius 1 is 1.13 bits per heavy atom. The van der Waals surface area contributed by atoms with Crippen LogP contribution in [-0.2, 0) is 0 Å². The first kappa shape index (κ1) is 16.0. The molecule has 1 amide bonds. The molecule has 1 saturated carbocycles. The molecule has 2 aliphatic rings. The van der Waals surface area contributed by atoms with Crippen molar-refractivity contribution >= 4 is 11.6 Å². The Hall–Kier alpha value is -1.91. The first-order chi connectivity index (χ1) is 11.0. The maximum absolute atomic E-state index is 12.8. The minimum atomic E-state index is -0.441. The van der Waals surface area contributed by atoms with Gasteiger partial charge in [-0.2, -0.15) is 0 Å². The zero-order chi connectivity index (χ0) is 16.4. The third kappa shape index (κ3) is 3.23. The number of amides is 1. The number of likely N-dealkylation sites (tertiary alicyclic amines) is 1. The van der Waals surface area contributed by atoms with Crippen LogP contribution in [0.3, 0.4) is 0 Å². The highest BCUT2D eigenvalue weighted by molar-refractivity contribution is 5.96. The van der Waals surface area contributed by atoms with Crippen molar-refractivity contribution in [3.63, 3.8) is 0 Å². The average Bonchev–Trinajstić information content (AvgIpc) is 2.56. The topological polar surface area (TPSA) is 63.5 Å². The lowest BCUT2D eigenvalue weighted by molar-refractivity contribution is -0.384. The highest BCUT2D eigenvalue weighted by atomic mass is 16.6. The van der Waals surface area contributed by atoms with Crippen molar-refractivity contribution in [1.29, 1.82) is 0 Å². The molecule has 1 aromatic rings. The summed E-state index contributed by atoms with van der Waals surface area (Å²) in [5.74, 6) is -0.0585. The fourth-order valence-electron chi connectivity index (χ4n) is 4.11. The van der Waals surface area contributed by atoms with Gasteiger partial charge < -0.3 is 4.90 Å². The lowest BCUT2D eigenvalue weighted by Crippen LogP contribution is -2.44. The number of hydrogen-bond acceptors (Lipinski definition) is 3. The van der Waals surface area contributed by atoms with E-state index in [9.17, 15) is 14.9 Å². The molecule has 0 radical (unpaired) electrons. The first-order valence-electron chi connectivity index (χ1n) is 8.55. The molecule has 1 spiro atoms.